The third-order valence-corrected chi connectivity index (χ3v) is 5.53. The van der Waals surface area contributed by atoms with Gasteiger partial charge < -0.3 is 10.6 Å². The fourth-order valence-electron chi connectivity index (χ4n) is 3.60. The van der Waals surface area contributed by atoms with Gasteiger partial charge in [0.2, 0.25) is 0 Å². The molecule has 0 saturated carbocycles. The Balaban J connectivity index is 1.40. The Kier molecular flexibility index (Phi) is 8.78. The zero-order valence-corrected chi connectivity index (χ0v) is 18.1. The first-order valence-electron chi connectivity index (χ1n) is 10.6. The second-order valence-electron chi connectivity index (χ2n) is 7.60. The lowest BCUT2D eigenvalue weighted by molar-refractivity contribution is 0.277. The lowest BCUT2D eigenvalue weighted by Crippen LogP contribution is -2.37. The number of nitrogens with one attached hydrogen (secondary N) is 2. The minimum absolute atomic E-state index is 0.525. The van der Waals surface area contributed by atoms with Crippen molar-refractivity contribution in [2.45, 2.75) is 45.2 Å². The molecule has 29 heavy (non-hydrogen) atoms. The van der Waals surface area contributed by atoms with Crippen LogP contribution in [0.2, 0.25) is 5.15 Å². The molecule has 0 radical (unpaired) electrons. The van der Waals surface area contributed by atoms with Crippen LogP contribution in [-0.2, 0) is 19.5 Å². The van der Waals surface area contributed by atoms with Crippen molar-refractivity contribution in [1.82, 2.24) is 20.5 Å². The summed E-state index contributed by atoms with van der Waals surface area (Å²) >= 11 is 5.82. The smallest absolute Gasteiger partial charge is 0.191 e. The van der Waals surface area contributed by atoms with E-state index in [1.165, 1.54) is 49.9 Å². The van der Waals surface area contributed by atoms with E-state index in [-0.39, 0.29) is 0 Å². The highest BCUT2D eigenvalue weighted by atomic mass is 35.5. The summed E-state index contributed by atoms with van der Waals surface area (Å²) in [6, 6.07) is 12.8. The molecule has 0 unspecified atom stereocenters. The third-order valence-electron chi connectivity index (χ3n) is 5.31. The van der Waals surface area contributed by atoms with Crippen LogP contribution in [0.15, 0.2) is 47.6 Å². The van der Waals surface area contributed by atoms with Crippen molar-refractivity contribution < 1.29 is 0 Å². The van der Waals surface area contributed by atoms with Gasteiger partial charge in [-0.1, -0.05) is 54.8 Å². The van der Waals surface area contributed by atoms with Gasteiger partial charge in [0, 0.05) is 32.9 Å². The number of benzene rings is 1. The van der Waals surface area contributed by atoms with Gasteiger partial charge >= 0.3 is 0 Å². The highest BCUT2D eigenvalue weighted by Crippen LogP contribution is 2.14. The predicted octanol–water partition coefficient (Wildman–Crippen LogP) is 4.02. The Morgan fingerprint density at radius 3 is 2.31 bits per heavy atom. The highest BCUT2D eigenvalue weighted by Gasteiger charge is 2.09. The standard InChI is InChI=1S/C23H32ClN5/c1-25-23(26-13-12-20-10-11-22(24)27-16-20)28-17-19-6-8-21(9-7-19)18-29-14-4-2-3-5-15-29/h6-11,16H,2-5,12-15,17-18H2,1H3,(H2,25,26,28). The monoisotopic (exact) mass is 413 g/mol. The summed E-state index contributed by atoms with van der Waals surface area (Å²) in [7, 11) is 1.80. The molecule has 1 aromatic heterocycles. The quantitative estimate of drug-likeness (QED) is 0.409. The van der Waals surface area contributed by atoms with E-state index < -0.39 is 0 Å². The van der Waals surface area contributed by atoms with Crippen LogP contribution in [0.3, 0.4) is 0 Å². The molecule has 0 aliphatic carbocycles. The topological polar surface area (TPSA) is 52.6 Å². The number of likely N-dealkylation sites (tertiary alicyclic amines) is 1. The zero-order valence-electron chi connectivity index (χ0n) is 17.3. The van der Waals surface area contributed by atoms with E-state index in [9.17, 15) is 0 Å². The number of aromatic nitrogens is 1. The normalized spacial score (nSPS) is 15.7. The largest absolute Gasteiger partial charge is 0.356 e. The van der Waals surface area contributed by atoms with Crippen molar-refractivity contribution in [3.8, 4) is 0 Å². The minimum Gasteiger partial charge on any atom is -0.356 e. The van der Waals surface area contributed by atoms with Crippen LogP contribution in [0.1, 0.15) is 42.4 Å². The van der Waals surface area contributed by atoms with E-state index in [0.717, 1.165) is 37.6 Å². The van der Waals surface area contributed by atoms with Crippen LogP contribution < -0.4 is 10.6 Å². The predicted molar refractivity (Wildman–Crippen MR) is 121 cm³/mol. The van der Waals surface area contributed by atoms with Crippen LogP contribution in [0.25, 0.3) is 0 Å². The van der Waals surface area contributed by atoms with Crippen molar-refractivity contribution in [2.24, 2.45) is 4.99 Å². The Labute approximate surface area is 179 Å². The molecule has 0 amide bonds. The number of nitrogens with zero attached hydrogens (tertiary/aromatic N) is 3. The summed E-state index contributed by atoms with van der Waals surface area (Å²) < 4.78 is 0. The van der Waals surface area contributed by atoms with E-state index in [2.05, 4.69) is 49.8 Å². The average molecular weight is 414 g/mol. The van der Waals surface area contributed by atoms with Crippen molar-refractivity contribution in [3.63, 3.8) is 0 Å². The third kappa shape index (κ3) is 7.67. The molecule has 1 fully saturated rings. The van der Waals surface area contributed by atoms with Crippen molar-refractivity contribution in [1.29, 1.82) is 0 Å². The van der Waals surface area contributed by atoms with Gasteiger partial charge in [0.15, 0.2) is 5.96 Å². The molecule has 3 rings (SSSR count). The Hall–Kier alpha value is -2.11. The summed E-state index contributed by atoms with van der Waals surface area (Å²) in [6.45, 7) is 5.08. The fraction of sp³-hybridized carbons (Fsp3) is 0.478. The van der Waals surface area contributed by atoms with E-state index in [1.807, 2.05) is 18.3 Å². The summed E-state index contributed by atoms with van der Waals surface area (Å²) in [4.78, 5) is 11.0. The molecule has 0 atom stereocenters. The van der Waals surface area contributed by atoms with Gasteiger partial charge in [-0.05, 0) is 55.1 Å². The molecular weight excluding hydrogens is 382 g/mol. The number of halogens is 1. The van der Waals surface area contributed by atoms with E-state index in [1.54, 1.807) is 7.05 Å². The van der Waals surface area contributed by atoms with Gasteiger partial charge in [-0.2, -0.15) is 0 Å². The van der Waals surface area contributed by atoms with Crippen LogP contribution in [0.4, 0.5) is 0 Å². The summed E-state index contributed by atoms with van der Waals surface area (Å²) in [5.41, 5.74) is 3.81. The Morgan fingerprint density at radius 2 is 1.66 bits per heavy atom. The van der Waals surface area contributed by atoms with Gasteiger partial charge in [-0.15, -0.1) is 0 Å². The number of rotatable bonds is 7. The lowest BCUT2D eigenvalue weighted by Gasteiger charge is -2.20. The second kappa shape index (κ2) is 11.8. The molecule has 156 valence electrons. The van der Waals surface area contributed by atoms with Gasteiger partial charge in [0.25, 0.3) is 0 Å². The Morgan fingerprint density at radius 1 is 0.966 bits per heavy atom. The molecule has 2 heterocycles. The number of hydrogen-bond acceptors (Lipinski definition) is 3. The van der Waals surface area contributed by atoms with Gasteiger partial charge in [-0.3, -0.25) is 9.89 Å². The molecule has 1 aliphatic rings. The fourth-order valence-corrected chi connectivity index (χ4v) is 3.71. The van der Waals surface area contributed by atoms with Crippen molar-refractivity contribution >= 4 is 17.6 Å². The maximum absolute atomic E-state index is 5.82. The van der Waals surface area contributed by atoms with Crippen LogP contribution in [0.5, 0.6) is 0 Å². The van der Waals surface area contributed by atoms with E-state index >= 15 is 0 Å². The SMILES string of the molecule is CN=C(NCCc1ccc(Cl)nc1)NCc1ccc(CN2CCCCCC2)cc1. The zero-order chi connectivity index (χ0) is 20.3. The van der Waals surface area contributed by atoms with Crippen molar-refractivity contribution in [3.05, 3.63) is 64.4 Å². The molecule has 1 aromatic carbocycles. The maximum atomic E-state index is 5.82. The molecular formula is C23H32ClN5. The lowest BCUT2D eigenvalue weighted by atomic mass is 10.1. The molecule has 1 saturated heterocycles. The molecule has 2 N–H and O–H groups in total. The summed E-state index contributed by atoms with van der Waals surface area (Å²) in [5, 5.41) is 7.25. The van der Waals surface area contributed by atoms with Crippen LogP contribution in [0, 0.1) is 0 Å². The number of hydrogen-bond donors (Lipinski definition) is 2. The second-order valence-corrected chi connectivity index (χ2v) is 7.99. The maximum Gasteiger partial charge on any atom is 0.191 e. The first-order chi connectivity index (χ1) is 14.2. The molecule has 1 aliphatic heterocycles. The molecule has 5 nitrogen and oxygen atoms in total. The van der Waals surface area contributed by atoms with Crippen LogP contribution in [-0.4, -0.2) is 42.5 Å². The summed E-state index contributed by atoms with van der Waals surface area (Å²) in [5.74, 6) is 0.806. The molecule has 0 bridgehead atoms. The highest BCUT2D eigenvalue weighted by molar-refractivity contribution is 6.29. The molecule has 6 heteroatoms. The van der Waals surface area contributed by atoms with E-state index in [4.69, 9.17) is 11.6 Å². The first kappa shape index (κ1) is 21.6. The minimum atomic E-state index is 0.525. The first-order valence-corrected chi connectivity index (χ1v) is 11.0. The Bertz CT molecular complexity index is 750. The average Bonchev–Trinajstić information content (AvgIpc) is 3.01. The van der Waals surface area contributed by atoms with Crippen LogP contribution >= 0.6 is 11.6 Å². The summed E-state index contributed by atoms with van der Waals surface area (Å²) in [6.07, 6.45) is 8.12. The number of aliphatic imine (C=N–C) groups is 1. The number of guanidine groups is 1. The van der Waals surface area contributed by atoms with Gasteiger partial charge in [0.05, 0.1) is 0 Å². The van der Waals surface area contributed by atoms with E-state index in [0.29, 0.717) is 5.15 Å². The molecule has 0 spiro atoms. The molecule has 2 aromatic rings. The van der Waals surface area contributed by atoms with Gasteiger partial charge in [-0.25, -0.2) is 4.98 Å². The van der Waals surface area contributed by atoms with Crippen molar-refractivity contribution in [2.75, 3.05) is 26.7 Å². The number of pyridine rings is 1. The van der Waals surface area contributed by atoms with Gasteiger partial charge in [0.1, 0.15) is 5.15 Å².